The molecule has 3 N–H and O–H groups in total. The van der Waals surface area contributed by atoms with Crippen LogP contribution in [0.2, 0.25) is 0 Å². The Kier molecular flexibility index (Phi) is 12.5. The van der Waals surface area contributed by atoms with E-state index in [2.05, 4.69) is 6.92 Å². The summed E-state index contributed by atoms with van der Waals surface area (Å²) in [5, 5.41) is 9.13. The Labute approximate surface area is 123 Å². The van der Waals surface area contributed by atoms with Crippen molar-refractivity contribution in [1.82, 2.24) is 0 Å². The van der Waals surface area contributed by atoms with Gasteiger partial charge in [0.05, 0.1) is 0 Å². The van der Waals surface area contributed by atoms with Gasteiger partial charge in [0.25, 0.3) is 5.91 Å². The quantitative estimate of drug-likeness (QED) is 0.380. The van der Waals surface area contributed by atoms with Gasteiger partial charge in [0, 0.05) is 6.42 Å². The molecule has 0 aromatic rings. The molecule has 0 radical (unpaired) electrons. The Hall–Kier alpha value is -0.900. The first-order valence-electron chi connectivity index (χ1n) is 8.09. The molecule has 0 aromatic heterocycles. The Bertz CT molecular complexity index is 266. The van der Waals surface area contributed by atoms with Crippen LogP contribution in [-0.2, 0) is 9.59 Å². The summed E-state index contributed by atoms with van der Waals surface area (Å²) in [5.74, 6) is -1.40. The standard InChI is InChI=1S/C16H31NO3/c1-2-3-4-5-6-7-8-9-10-11-12-13-14(18)15(19)16(17)20/h15,19H,2-13H2,1H3,(H2,17,20). The highest BCUT2D eigenvalue weighted by Crippen LogP contribution is 2.12. The molecule has 0 fully saturated rings. The summed E-state index contributed by atoms with van der Waals surface area (Å²) in [6.07, 6.45) is 12.0. The lowest BCUT2D eigenvalue weighted by Gasteiger charge is -2.05. The number of primary amides is 1. The Balaban J connectivity index is 3.24. The second-order valence-electron chi connectivity index (χ2n) is 5.56. The minimum atomic E-state index is -1.61. The van der Waals surface area contributed by atoms with E-state index in [0.29, 0.717) is 0 Å². The number of carbonyl (C=O) groups is 2. The van der Waals surface area contributed by atoms with Crippen molar-refractivity contribution in [3.8, 4) is 0 Å². The number of nitrogens with two attached hydrogens (primary N) is 1. The van der Waals surface area contributed by atoms with Gasteiger partial charge in [0.2, 0.25) is 0 Å². The zero-order chi connectivity index (χ0) is 15.2. The van der Waals surface area contributed by atoms with E-state index in [-0.39, 0.29) is 6.42 Å². The third-order valence-electron chi connectivity index (χ3n) is 3.60. The number of aliphatic hydroxyl groups is 1. The molecular weight excluding hydrogens is 254 g/mol. The van der Waals surface area contributed by atoms with Crippen LogP contribution >= 0.6 is 0 Å². The molecule has 0 aliphatic heterocycles. The highest BCUT2D eigenvalue weighted by molar-refractivity contribution is 6.03. The highest BCUT2D eigenvalue weighted by Gasteiger charge is 2.19. The molecule has 0 saturated carbocycles. The summed E-state index contributed by atoms with van der Waals surface area (Å²) in [6.45, 7) is 2.23. The largest absolute Gasteiger partial charge is 0.376 e. The lowest BCUT2D eigenvalue weighted by Crippen LogP contribution is -2.35. The van der Waals surface area contributed by atoms with E-state index >= 15 is 0 Å². The minimum Gasteiger partial charge on any atom is -0.376 e. The summed E-state index contributed by atoms with van der Waals surface area (Å²) in [4.78, 5) is 21.9. The fraction of sp³-hybridized carbons (Fsp3) is 0.875. The monoisotopic (exact) mass is 285 g/mol. The van der Waals surface area contributed by atoms with Crippen molar-refractivity contribution in [2.45, 2.75) is 90.1 Å². The Morgan fingerprint density at radius 3 is 1.65 bits per heavy atom. The van der Waals surface area contributed by atoms with E-state index in [1.165, 1.54) is 51.4 Å². The zero-order valence-corrected chi connectivity index (χ0v) is 12.9. The number of hydrogen-bond acceptors (Lipinski definition) is 3. The molecule has 118 valence electrons. The van der Waals surface area contributed by atoms with Crippen LogP contribution in [0.25, 0.3) is 0 Å². The lowest BCUT2D eigenvalue weighted by molar-refractivity contribution is -0.137. The third kappa shape index (κ3) is 11.0. The van der Waals surface area contributed by atoms with Gasteiger partial charge in [-0.15, -0.1) is 0 Å². The van der Waals surface area contributed by atoms with Crippen molar-refractivity contribution in [1.29, 1.82) is 0 Å². The lowest BCUT2D eigenvalue weighted by atomic mass is 10.0. The number of rotatable bonds is 14. The van der Waals surface area contributed by atoms with Gasteiger partial charge in [-0.3, -0.25) is 9.59 Å². The number of aliphatic hydroxyl groups excluding tert-OH is 1. The third-order valence-corrected chi connectivity index (χ3v) is 3.60. The fourth-order valence-corrected chi connectivity index (χ4v) is 2.26. The summed E-state index contributed by atoms with van der Waals surface area (Å²) < 4.78 is 0. The van der Waals surface area contributed by atoms with Crippen LogP contribution in [0.1, 0.15) is 84.0 Å². The molecule has 20 heavy (non-hydrogen) atoms. The molecule has 1 atom stereocenters. The van der Waals surface area contributed by atoms with Crippen LogP contribution in [0.5, 0.6) is 0 Å². The van der Waals surface area contributed by atoms with Crippen molar-refractivity contribution in [2.24, 2.45) is 5.73 Å². The second kappa shape index (κ2) is 13.1. The molecule has 0 aliphatic carbocycles. The van der Waals surface area contributed by atoms with Crippen LogP contribution < -0.4 is 5.73 Å². The normalized spacial score (nSPS) is 12.3. The molecule has 4 nitrogen and oxygen atoms in total. The van der Waals surface area contributed by atoms with Gasteiger partial charge in [-0.1, -0.05) is 71.1 Å². The van der Waals surface area contributed by atoms with Crippen LogP contribution in [0, 0.1) is 0 Å². The van der Waals surface area contributed by atoms with E-state index in [4.69, 9.17) is 10.8 Å². The zero-order valence-electron chi connectivity index (χ0n) is 12.9. The molecule has 0 aromatic carbocycles. The van der Waals surface area contributed by atoms with E-state index in [1.54, 1.807) is 0 Å². The van der Waals surface area contributed by atoms with Crippen molar-refractivity contribution >= 4 is 11.7 Å². The predicted octanol–water partition coefficient (Wildman–Crippen LogP) is 3.10. The molecule has 0 heterocycles. The number of Topliss-reactive ketones (excluding diaryl/α,β-unsaturated/α-hetero) is 1. The van der Waals surface area contributed by atoms with Crippen molar-refractivity contribution in [3.63, 3.8) is 0 Å². The average molecular weight is 285 g/mol. The first-order valence-corrected chi connectivity index (χ1v) is 8.09. The molecule has 0 aliphatic rings. The van der Waals surface area contributed by atoms with Crippen molar-refractivity contribution in [2.75, 3.05) is 0 Å². The SMILES string of the molecule is CCCCCCCCCCCCCC(=O)C(O)C(N)=O. The van der Waals surface area contributed by atoms with Gasteiger partial charge >= 0.3 is 0 Å². The van der Waals surface area contributed by atoms with Gasteiger partial charge in [0.15, 0.2) is 11.9 Å². The Morgan fingerprint density at radius 1 is 0.850 bits per heavy atom. The highest BCUT2D eigenvalue weighted by atomic mass is 16.3. The number of unbranched alkanes of at least 4 members (excludes halogenated alkanes) is 10. The summed E-state index contributed by atoms with van der Waals surface area (Å²) in [6, 6.07) is 0. The van der Waals surface area contributed by atoms with Gasteiger partial charge in [-0.05, 0) is 6.42 Å². The molecule has 1 amide bonds. The van der Waals surface area contributed by atoms with Gasteiger partial charge in [-0.2, -0.15) is 0 Å². The average Bonchev–Trinajstić information content (AvgIpc) is 2.43. The molecular formula is C16H31NO3. The number of amides is 1. The smallest absolute Gasteiger partial charge is 0.254 e. The second-order valence-corrected chi connectivity index (χ2v) is 5.56. The van der Waals surface area contributed by atoms with E-state index in [9.17, 15) is 9.59 Å². The summed E-state index contributed by atoms with van der Waals surface area (Å²) in [5.41, 5.74) is 4.86. The van der Waals surface area contributed by atoms with Crippen LogP contribution in [0.3, 0.4) is 0 Å². The molecule has 0 spiro atoms. The van der Waals surface area contributed by atoms with Gasteiger partial charge < -0.3 is 10.8 Å². The van der Waals surface area contributed by atoms with E-state index < -0.39 is 17.8 Å². The molecule has 4 heteroatoms. The topological polar surface area (TPSA) is 80.4 Å². The van der Waals surface area contributed by atoms with Crippen LogP contribution in [0.15, 0.2) is 0 Å². The summed E-state index contributed by atoms with van der Waals surface area (Å²) in [7, 11) is 0. The predicted molar refractivity (Wildman–Crippen MR) is 81.3 cm³/mol. The van der Waals surface area contributed by atoms with Crippen molar-refractivity contribution < 1.29 is 14.7 Å². The van der Waals surface area contributed by atoms with E-state index in [1.807, 2.05) is 0 Å². The molecule has 0 bridgehead atoms. The fourth-order valence-electron chi connectivity index (χ4n) is 2.26. The van der Waals surface area contributed by atoms with Gasteiger partial charge in [0.1, 0.15) is 0 Å². The molecule has 0 rings (SSSR count). The minimum absolute atomic E-state index is 0.251. The van der Waals surface area contributed by atoms with Crippen LogP contribution in [-0.4, -0.2) is 22.9 Å². The van der Waals surface area contributed by atoms with E-state index in [0.717, 1.165) is 19.3 Å². The van der Waals surface area contributed by atoms with Crippen molar-refractivity contribution in [3.05, 3.63) is 0 Å². The van der Waals surface area contributed by atoms with Gasteiger partial charge in [-0.25, -0.2) is 0 Å². The maximum Gasteiger partial charge on any atom is 0.254 e. The van der Waals surface area contributed by atoms with Crippen LogP contribution in [0.4, 0.5) is 0 Å². The number of hydrogen-bond donors (Lipinski definition) is 2. The summed E-state index contributed by atoms with van der Waals surface area (Å²) >= 11 is 0. The number of ketones is 1. The number of carbonyl (C=O) groups excluding carboxylic acids is 2. The molecule has 1 unspecified atom stereocenters. The first-order chi connectivity index (χ1) is 9.59. The molecule has 0 saturated heterocycles. The maximum absolute atomic E-state index is 11.3. The maximum atomic E-state index is 11.3. The first kappa shape index (κ1) is 19.1. The Morgan fingerprint density at radius 2 is 1.25 bits per heavy atom.